The average molecular weight is 589 g/mol. The number of nitrogens with one attached hydrogen (secondary N) is 1. The minimum absolute atomic E-state index is 0.0625. The Labute approximate surface area is 245 Å². The van der Waals surface area contributed by atoms with Crippen LogP contribution in [0.4, 0.5) is 0 Å². The Morgan fingerprint density at radius 1 is 1.02 bits per heavy atom. The van der Waals surface area contributed by atoms with E-state index in [2.05, 4.69) is 5.32 Å². The summed E-state index contributed by atoms with van der Waals surface area (Å²) in [6.45, 7) is 0. The summed E-state index contributed by atoms with van der Waals surface area (Å²) in [6, 6.07) is 21.8. The summed E-state index contributed by atoms with van der Waals surface area (Å²) in [7, 11) is 0. The van der Waals surface area contributed by atoms with Crippen LogP contribution in [-0.2, 0) is 19.1 Å². The van der Waals surface area contributed by atoms with Gasteiger partial charge in [-0.15, -0.1) is 35.3 Å². The minimum atomic E-state index is -0.771. The molecule has 11 heteroatoms. The van der Waals surface area contributed by atoms with Crippen LogP contribution in [0.2, 0.25) is 0 Å². The number of thioether (sulfide) groups is 3. The predicted molar refractivity (Wildman–Crippen MR) is 157 cm³/mol. The number of carbonyl (C=O) groups excluding carboxylic acids is 3. The van der Waals surface area contributed by atoms with Crippen molar-refractivity contribution < 1.29 is 19.1 Å². The zero-order valence-electron chi connectivity index (χ0n) is 21.1. The Hall–Kier alpha value is -3.90. The SMILES string of the molecule is N#C/C=C\SCC(=O)NC1C(=O)N2C(C(=O)OC(c3ccccc3)c3ccccc3)=C(CS/C=C\C#N)CS[C@H]12. The van der Waals surface area contributed by atoms with Crippen LogP contribution in [0, 0.1) is 22.7 Å². The van der Waals surface area contributed by atoms with Crippen LogP contribution in [0.25, 0.3) is 0 Å². The first-order chi connectivity index (χ1) is 19.5. The lowest BCUT2D eigenvalue weighted by Gasteiger charge is -2.49. The quantitative estimate of drug-likeness (QED) is 0.229. The standard InChI is InChI=1S/C29H24N4O4S3/c30-13-7-15-38-17-22-18-40-28-24(32-23(34)19-39-16-8-14-31)27(35)33(28)25(22)29(36)37-26(20-9-3-1-4-10-20)21-11-5-2-6-12-21/h1-12,15-16,24,26,28H,17-19H2,(H,32,34)/b15-7-,16-8-/t24?,28-/m1/s1. The van der Waals surface area contributed by atoms with E-state index in [9.17, 15) is 14.4 Å². The molecule has 2 aliphatic heterocycles. The van der Waals surface area contributed by atoms with Crippen molar-refractivity contribution in [2.45, 2.75) is 17.5 Å². The monoisotopic (exact) mass is 588 g/mol. The van der Waals surface area contributed by atoms with E-state index in [1.165, 1.54) is 46.0 Å². The summed E-state index contributed by atoms with van der Waals surface area (Å²) in [4.78, 5) is 41.0. The molecule has 1 unspecified atom stereocenters. The van der Waals surface area contributed by atoms with Gasteiger partial charge in [0.15, 0.2) is 6.10 Å². The van der Waals surface area contributed by atoms with Gasteiger partial charge in [-0.1, -0.05) is 60.7 Å². The third-order valence-corrected chi connectivity index (χ3v) is 8.88. The molecule has 8 nitrogen and oxygen atoms in total. The largest absolute Gasteiger partial charge is 0.448 e. The highest BCUT2D eigenvalue weighted by molar-refractivity contribution is 8.03. The second-order valence-corrected chi connectivity index (χ2v) is 11.4. The van der Waals surface area contributed by atoms with Crippen LogP contribution >= 0.6 is 35.3 Å². The Balaban J connectivity index is 1.58. The smallest absolute Gasteiger partial charge is 0.356 e. The van der Waals surface area contributed by atoms with Gasteiger partial charge in [-0.05, 0) is 27.5 Å². The first-order valence-corrected chi connectivity index (χ1v) is 15.3. The lowest BCUT2D eigenvalue weighted by atomic mass is 10.0. The van der Waals surface area contributed by atoms with Crippen molar-refractivity contribution in [2.24, 2.45) is 0 Å². The number of nitrogens with zero attached hydrogens (tertiary/aromatic N) is 3. The van der Waals surface area contributed by atoms with Gasteiger partial charge < -0.3 is 10.1 Å². The molecule has 4 rings (SSSR count). The van der Waals surface area contributed by atoms with Crippen molar-refractivity contribution in [1.82, 2.24) is 10.2 Å². The maximum absolute atomic E-state index is 13.8. The molecular weight excluding hydrogens is 565 g/mol. The van der Waals surface area contributed by atoms with Crippen molar-refractivity contribution in [3.8, 4) is 12.1 Å². The van der Waals surface area contributed by atoms with E-state index in [1.54, 1.807) is 5.41 Å². The van der Waals surface area contributed by atoms with Crippen LogP contribution in [0.5, 0.6) is 0 Å². The molecule has 0 bridgehead atoms. The summed E-state index contributed by atoms with van der Waals surface area (Å²) < 4.78 is 6.11. The summed E-state index contributed by atoms with van der Waals surface area (Å²) in [5.74, 6) is -0.436. The molecule has 1 N–H and O–H groups in total. The molecule has 2 amide bonds. The van der Waals surface area contributed by atoms with E-state index in [0.717, 1.165) is 22.9 Å². The van der Waals surface area contributed by atoms with Gasteiger partial charge in [0.1, 0.15) is 17.1 Å². The number of ether oxygens (including phenoxy) is 1. The van der Waals surface area contributed by atoms with E-state index < -0.39 is 23.5 Å². The highest BCUT2D eigenvalue weighted by atomic mass is 32.2. The number of esters is 1. The predicted octanol–water partition coefficient (Wildman–Crippen LogP) is 4.51. The Bertz CT molecular complexity index is 1370. The van der Waals surface area contributed by atoms with Gasteiger partial charge >= 0.3 is 5.97 Å². The second-order valence-electron chi connectivity index (χ2n) is 8.50. The van der Waals surface area contributed by atoms with Crippen molar-refractivity contribution in [2.75, 3.05) is 17.3 Å². The maximum Gasteiger partial charge on any atom is 0.356 e. The summed E-state index contributed by atoms with van der Waals surface area (Å²) in [5.41, 5.74) is 2.48. The number of allylic oxidation sites excluding steroid dienone is 2. The van der Waals surface area contributed by atoms with Gasteiger partial charge in [0.05, 0.1) is 17.9 Å². The molecule has 0 radical (unpaired) electrons. The molecule has 2 aromatic rings. The topological polar surface area (TPSA) is 123 Å². The van der Waals surface area contributed by atoms with E-state index in [-0.39, 0.29) is 23.3 Å². The molecule has 40 heavy (non-hydrogen) atoms. The van der Waals surface area contributed by atoms with Crippen LogP contribution < -0.4 is 5.32 Å². The Kier molecular flexibility index (Phi) is 10.5. The number of hydrogen-bond donors (Lipinski definition) is 1. The lowest BCUT2D eigenvalue weighted by molar-refractivity contribution is -0.154. The van der Waals surface area contributed by atoms with Gasteiger partial charge in [-0.3, -0.25) is 14.5 Å². The molecule has 2 aromatic carbocycles. The maximum atomic E-state index is 13.8. The van der Waals surface area contributed by atoms with Crippen LogP contribution in [0.1, 0.15) is 17.2 Å². The molecule has 2 atom stereocenters. The number of nitriles is 2. The van der Waals surface area contributed by atoms with Crippen molar-refractivity contribution in [1.29, 1.82) is 10.5 Å². The van der Waals surface area contributed by atoms with Gasteiger partial charge in [-0.25, -0.2) is 4.79 Å². The van der Waals surface area contributed by atoms with Crippen molar-refractivity contribution in [3.05, 3.63) is 106 Å². The summed E-state index contributed by atoms with van der Waals surface area (Å²) >= 11 is 3.96. The number of rotatable bonds is 11. The van der Waals surface area contributed by atoms with E-state index >= 15 is 0 Å². The molecule has 2 heterocycles. The van der Waals surface area contributed by atoms with E-state index in [0.29, 0.717) is 17.1 Å². The molecule has 202 valence electrons. The fourth-order valence-corrected chi connectivity index (χ4v) is 6.83. The summed E-state index contributed by atoms with van der Waals surface area (Å²) in [6.07, 6.45) is 1.94. The van der Waals surface area contributed by atoms with Crippen LogP contribution in [0.15, 0.2) is 94.9 Å². The molecule has 1 saturated heterocycles. The molecule has 2 aliphatic rings. The van der Waals surface area contributed by atoms with Gasteiger partial charge in [0, 0.05) is 23.7 Å². The normalized spacial score (nSPS) is 18.3. The molecule has 1 fully saturated rings. The summed E-state index contributed by atoms with van der Waals surface area (Å²) in [5, 5.41) is 22.9. The number of hydrogen-bond acceptors (Lipinski definition) is 9. The average Bonchev–Trinajstić information content (AvgIpc) is 2.99. The number of carbonyl (C=O) groups is 3. The first-order valence-electron chi connectivity index (χ1n) is 12.1. The van der Waals surface area contributed by atoms with E-state index in [1.807, 2.05) is 72.8 Å². The van der Waals surface area contributed by atoms with Crippen molar-refractivity contribution in [3.63, 3.8) is 0 Å². The molecule has 0 aromatic heterocycles. The van der Waals surface area contributed by atoms with Gasteiger partial charge in [0.25, 0.3) is 5.91 Å². The fourth-order valence-electron chi connectivity index (χ4n) is 4.17. The minimum Gasteiger partial charge on any atom is -0.448 e. The number of benzene rings is 2. The lowest BCUT2D eigenvalue weighted by Crippen LogP contribution is -2.70. The highest BCUT2D eigenvalue weighted by Gasteiger charge is 2.54. The number of β-lactam (4-membered cyclic amide) rings is 1. The fraction of sp³-hybridized carbons (Fsp3) is 0.207. The second kappa shape index (κ2) is 14.5. The van der Waals surface area contributed by atoms with Gasteiger partial charge in [0.2, 0.25) is 5.91 Å². The van der Waals surface area contributed by atoms with Crippen molar-refractivity contribution >= 4 is 53.1 Å². The zero-order chi connectivity index (χ0) is 28.3. The Morgan fingerprint density at radius 3 is 2.23 bits per heavy atom. The molecule has 0 saturated carbocycles. The van der Waals surface area contributed by atoms with Gasteiger partial charge in [-0.2, -0.15) is 10.5 Å². The zero-order valence-corrected chi connectivity index (χ0v) is 23.6. The third kappa shape index (κ3) is 6.99. The first kappa shape index (κ1) is 29.1. The molecular formula is C29H24N4O4S3. The number of fused-ring (bicyclic) bond motifs is 1. The van der Waals surface area contributed by atoms with E-state index in [4.69, 9.17) is 15.3 Å². The highest BCUT2D eigenvalue weighted by Crippen LogP contribution is 2.42. The number of amides is 2. The molecule has 0 aliphatic carbocycles. The van der Waals surface area contributed by atoms with Crippen LogP contribution in [0.3, 0.4) is 0 Å². The third-order valence-electron chi connectivity index (χ3n) is 5.94. The van der Waals surface area contributed by atoms with Crippen LogP contribution in [-0.4, -0.2) is 51.4 Å². The molecule has 0 spiro atoms. The Morgan fingerprint density at radius 2 is 1.62 bits per heavy atom.